The van der Waals surface area contributed by atoms with Crippen LogP contribution in [0.25, 0.3) is 0 Å². The average Bonchev–Trinajstić information content (AvgIpc) is 2.50. The molecule has 1 heterocycles. The monoisotopic (exact) mass is 174 g/mol. The highest BCUT2D eigenvalue weighted by molar-refractivity contribution is 5.65. The first kappa shape index (κ1) is 9.48. The van der Waals surface area contributed by atoms with Crippen LogP contribution in [0, 0.1) is 0 Å². The first-order valence-corrected chi connectivity index (χ1v) is 4.10. The summed E-state index contributed by atoms with van der Waals surface area (Å²) in [5.41, 5.74) is 0. The van der Waals surface area contributed by atoms with E-state index < -0.39 is 5.79 Å². The second-order valence-electron chi connectivity index (χ2n) is 2.74. The van der Waals surface area contributed by atoms with Crippen molar-refractivity contribution in [3.8, 4) is 0 Å². The molecule has 0 amide bonds. The molecular formula is C8H14O4. The maximum Gasteiger partial charge on any atom is 0.302 e. The van der Waals surface area contributed by atoms with E-state index in [-0.39, 0.29) is 12.6 Å². The largest absolute Gasteiger partial charge is 0.460 e. The van der Waals surface area contributed by atoms with Crippen molar-refractivity contribution in [2.45, 2.75) is 26.1 Å². The second kappa shape index (κ2) is 3.87. The summed E-state index contributed by atoms with van der Waals surface area (Å²) >= 11 is 0. The van der Waals surface area contributed by atoms with Crippen LogP contribution in [-0.2, 0) is 19.0 Å². The van der Waals surface area contributed by atoms with Crippen molar-refractivity contribution in [3.63, 3.8) is 0 Å². The lowest BCUT2D eigenvalue weighted by atomic mass is 10.2. The van der Waals surface area contributed by atoms with Crippen LogP contribution in [0.4, 0.5) is 0 Å². The zero-order valence-electron chi connectivity index (χ0n) is 7.46. The van der Waals surface area contributed by atoms with Gasteiger partial charge in [-0.15, -0.1) is 0 Å². The number of rotatable bonds is 3. The van der Waals surface area contributed by atoms with E-state index in [1.54, 1.807) is 0 Å². The Labute approximate surface area is 71.8 Å². The van der Waals surface area contributed by atoms with Crippen LogP contribution >= 0.6 is 0 Å². The molecule has 1 aliphatic heterocycles. The van der Waals surface area contributed by atoms with E-state index in [0.29, 0.717) is 19.6 Å². The number of hydrogen-bond acceptors (Lipinski definition) is 4. The lowest BCUT2D eigenvalue weighted by molar-refractivity contribution is -0.198. The molecule has 0 spiro atoms. The van der Waals surface area contributed by atoms with Crippen molar-refractivity contribution in [1.82, 2.24) is 0 Å². The van der Waals surface area contributed by atoms with Crippen molar-refractivity contribution in [2.75, 3.05) is 19.8 Å². The highest BCUT2D eigenvalue weighted by atomic mass is 16.8. The highest BCUT2D eigenvalue weighted by Gasteiger charge is 2.35. The van der Waals surface area contributed by atoms with Gasteiger partial charge in [0.05, 0.1) is 13.2 Å². The van der Waals surface area contributed by atoms with E-state index >= 15 is 0 Å². The molecule has 0 aromatic rings. The average molecular weight is 174 g/mol. The third-order valence-corrected chi connectivity index (χ3v) is 1.85. The smallest absolute Gasteiger partial charge is 0.302 e. The molecule has 0 N–H and O–H groups in total. The predicted octanol–water partition coefficient (Wildman–Crippen LogP) is 0.703. The molecule has 0 atom stereocenters. The summed E-state index contributed by atoms with van der Waals surface area (Å²) in [6.45, 7) is 4.66. The molecule has 1 saturated heterocycles. The van der Waals surface area contributed by atoms with Crippen molar-refractivity contribution in [2.24, 2.45) is 0 Å². The fourth-order valence-corrected chi connectivity index (χ4v) is 1.10. The van der Waals surface area contributed by atoms with Crippen LogP contribution in [0.1, 0.15) is 20.3 Å². The van der Waals surface area contributed by atoms with Crippen molar-refractivity contribution in [3.05, 3.63) is 0 Å². The molecular weight excluding hydrogens is 160 g/mol. The molecule has 0 radical (unpaired) electrons. The Balaban J connectivity index is 2.39. The Kier molecular flexibility index (Phi) is 3.05. The van der Waals surface area contributed by atoms with Gasteiger partial charge in [0.15, 0.2) is 0 Å². The predicted molar refractivity (Wildman–Crippen MR) is 41.6 cm³/mol. The highest BCUT2D eigenvalue weighted by Crippen LogP contribution is 2.23. The zero-order valence-corrected chi connectivity index (χ0v) is 7.46. The van der Waals surface area contributed by atoms with Gasteiger partial charge in [-0.3, -0.25) is 4.79 Å². The quantitative estimate of drug-likeness (QED) is 0.591. The summed E-state index contributed by atoms with van der Waals surface area (Å²) in [7, 11) is 0. The molecule has 70 valence electrons. The Bertz CT molecular complexity index is 160. The summed E-state index contributed by atoms with van der Waals surface area (Å²) in [4.78, 5) is 10.5. The molecule has 0 aromatic carbocycles. The standard InChI is InChI=1S/C8H14O4/c1-3-8(6-10-7(2)9)11-4-5-12-8/h3-6H2,1-2H3. The fraction of sp³-hybridized carbons (Fsp3) is 0.875. The molecule has 1 rings (SSSR count). The minimum absolute atomic E-state index is 0.193. The van der Waals surface area contributed by atoms with Gasteiger partial charge in [0.1, 0.15) is 6.61 Å². The van der Waals surface area contributed by atoms with E-state index in [4.69, 9.17) is 14.2 Å². The van der Waals surface area contributed by atoms with Gasteiger partial charge in [0, 0.05) is 13.3 Å². The Morgan fingerprint density at radius 3 is 2.50 bits per heavy atom. The molecule has 4 heteroatoms. The Morgan fingerprint density at radius 1 is 1.50 bits per heavy atom. The van der Waals surface area contributed by atoms with E-state index in [1.165, 1.54) is 6.92 Å². The number of esters is 1. The normalized spacial score (nSPS) is 20.8. The van der Waals surface area contributed by atoms with Gasteiger partial charge in [0.25, 0.3) is 0 Å². The second-order valence-corrected chi connectivity index (χ2v) is 2.74. The van der Waals surface area contributed by atoms with Gasteiger partial charge >= 0.3 is 5.97 Å². The first-order chi connectivity index (χ1) is 5.68. The van der Waals surface area contributed by atoms with Crippen LogP contribution in [-0.4, -0.2) is 31.6 Å². The number of hydrogen-bond donors (Lipinski definition) is 0. The third kappa shape index (κ3) is 2.19. The zero-order chi connectivity index (χ0) is 9.03. The van der Waals surface area contributed by atoms with Gasteiger partial charge < -0.3 is 14.2 Å². The first-order valence-electron chi connectivity index (χ1n) is 4.10. The molecule has 1 fully saturated rings. The molecule has 12 heavy (non-hydrogen) atoms. The van der Waals surface area contributed by atoms with Crippen molar-refractivity contribution in [1.29, 1.82) is 0 Å². The van der Waals surface area contributed by atoms with E-state index in [2.05, 4.69) is 0 Å². The van der Waals surface area contributed by atoms with Gasteiger partial charge in [-0.25, -0.2) is 0 Å². The molecule has 0 bridgehead atoms. The Hall–Kier alpha value is -0.610. The van der Waals surface area contributed by atoms with E-state index in [1.807, 2.05) is 6.92 Å². The number of carbonyl (C=O) groups is 1. The van der Waals surface area contributed by atoms with Crippen molar-refractivity contribution >= 4 is 5.97 Å². The Morgan fingerprint density at radius 2 is 2.08 bits per heavy atom. The van der Waals surface area contributed by atoms with Crippen molar-refractivity contribution < 1.29 is 19.0 Å². The van der Waals surface area contributed by atoms with Gasteiger partial charge in [-0.2, -0.15) is 0 Å². The van der Waals surface area contributed by atoms with Gasteiger partial charge in [-0.1, -0.05) is 6.92 Å². The summed E-state index contributed by atoms with van der Waals surface area (Å²) in [5.74, 6) is -0.979. The number of carbonyl (C=O) groups excluding carboxylic acids is 1. The van der Waals surface area contributed by atoms with Crippen LogP contribution in [0.3, 0.4) is 0 Å². The molecule has 1 aliphatic rings. The summed E-state index contributed by atoms with van der Waals surface area (Å²) in [6.07, 6.45) is 0.695. The summed E-state index contributed by atoms with van der Waals surface area (Å²) in [6, 6.07) is 0. The summed E-state index contributed by atoms with van der Waals surface area (Å²) < 4.78 is 15.5. The van der Waals surface area contributed by atoms with Crippen LogP contribution < -0.4 is 0 Å². The molecule has 0 aliphatic carbocycles. The minimum atomic E-state index is -0.675. The third-order valence-electron chi connectivity index (χ3n) is 1.85. The SMILES string of the molecule is CCC1(COC(C)=O)OCCO1. The molecule has 0 aromatic heterocycles. The minimum Gasteiger partial charge on any atom is -0.460 e. The molecule has 0 unspecified atom stereocenters. The van der Waals surface area contributed by atoms with E-state index in [9.17, 15) is 4.79 Å². The lowest BCUT2D eigenvalue weighted by Crippen LogP contribution is -2.35. The van der Waals surface area contributed by atoms with E-state index in [0.717, 1.165) is 0 Å². The van der Waals surface area contributed by atoms with Crippen LogP contribution in [0.5, 0.6) is 0 Å². The fourth-order valence-electron chi connectivity index (χ4n) is 1.10. The topological polar surface area (TPSA) is 44.8 Å². The van der Waals surface area contributed by atoms with Gasteiger partial charge in [-0.05, 0) is 0 Å². The maximum atomic E-state index is 10.5. The van der Waals surface area contributed by atoms with Crippen LogP contribution in [0.2, 0.25) is 0 Å². The lowest BCUT2D eigenvalue weighted by Gasteiger charge is -2.24. The maximum absolute atomic E-state index is 10.5. The summed E-state index contributed by atoms with van der Waals surface area (Å²) in [5, 5.41) is 0. The van der Waals surface area contributed by atoms with Crippen LogP contribution in [0.15, 0.2) is 0 Å². The molecule has 0 saturated carbocycles. The van der Waals surface area contributed by atoms with Gasteiger partial charge in [0.2, 0.25) is 5.79 Å². The number of ether oxygens (including phenoxy) is 3. The molecule has 4 nitrogen and oxygen atoms in total.